The van der Waals surface area contributed by atoms with Crippen LogP contribution in [0.3, 0.4) is 0 Å². The van der Waals surface area contributed by atoms with Crippen LogP contribution in [-0.4, -0.2) is 32.0 Å². The van der Waals surface area contributed by atoms with E-state index in [0.29, 0.717) is 24.7 Å². The van der Waals surface area contributed by atoms with Gasteiger partial charge in [0.05, 0.1) is 25.9 Å². The van der Waals surface area contributed by atoms with Crippen molar-refractivity contribution in [2.24, 2.45) is 0 Å². The van der Waals surface area contributed by atoms with Crippen molar-refractivity contribution in [1.29, 1.82) is 0 Å². The minimum Gasteiger partial charge on any atom is -0.496 e. The Morgan fingerprint density at radius 1 is 1.56 bits per heavy atom. The van der Waals surface area contributed by atoms with Gasteiger partial charge in [0.25, 0.3) is 0 Å². The van der Waals surface area contributed by atoms with Crippen LogP contribution in [0.15, 0.2) is 18.2 Å². The van der Waals surface area contributed by atoms with Crippen molar-refractivity contribution in [3.8, 4) is 11.5 Å². The molecule has 0 bridgehead atoms. The third kappa shape index (κ3) is 2.56. The molecule has 0 fully saturated rings. The van der Waals surface area contributed by atoms with Gasteiger partial charge in [-0.05, 0) is 19.1 Å². The molecule has 4 nitrogen and oxygen atoms in total. The third-order valence-corrected chi connectivity index (χ3v) is 3.80. The molecule has 0 aromatic heterocycles. The summed E-state index contributed by atoms with van der Waals surface area (Å²) in [5, 5.41) is -0.376. The number of methoxy groups -OCH3 is 1. The molecule has 0 radical (unpaired) electrons. The molecule has 2 rings (SSSR count). The predicted molar refractivity (Wildman–Crippen MR) is 70.3 cm³/mol. The third-order valence-electron chi connectivity index (χ3n) is 2.63. The largest absolute Gasteiger partial charge is 0.496 e. The molecular formula is C13H16O4S. The summed E-state index contributed by atoms with van der Waals surface area (Å²) in [4.78, 5) is 12.0. The molecule has 0 N–H and O–H groups in total. The van der Waals surface area contributed by atoms with Gasteiger partial charge in [-0.15, -0.1) is 11.8 Å². The van der Waals surface area contributed by atoms with E-state index in [-0.39, 0.29) is 11.2 Å². The van der Waals surface area contributed by atoms with Crippen molar-refractivity contribution in [3.63, 3.8) is 0 Å². The molecule has 1 aromatic rings. The Morgan fingerprint density at radius 3 is 3.11 bits per heavy atom. The Kier molecular flexibility index (Phi) is 4.36. The molecule has 18 heavy (non-hydrogen) atoms. The number of benzene rings is 1. The number of ether oxygens (including phenoxy) is 3. The molecule has 98 valence electrons. The van der Waals surface area contributed by atoms with Crippen LogP contribution in [-0.2, 0) is 9.53 Å². The summed E-state index contributed by atoms with van der Waals surface area (Å²) < 4.78 is 16.1. The van der Waals surface area contributed by atoms with Crippen LogP contribution in [0, 0.1) is 0 Å². The second-order valence-electron chi connectivity index (χ2n) is 3.72. The maximum atomic E-state index is 12.0. The second kappa shape index (κ2) is 6.00. The highest BCUT2D eigenvalue weighted by Gasteiger charge is 2.31. The van der Waals surface area contributed by atoms with Crippen molar-refractivity contribution >= 4 is 17.7 Å². The molecule has 1 atom stereocenters. The Balaban J connectivity index is 2.42. The van der Waals surface area contributed by atoms with Gasteiger partial charge in [-0.1, -0.05) is 6.07 Å². The maximum Gasteiger partial charge on any atom is 0.323 e. The number of hydrogen-bond acceptors (Lipinski definition) is 5. The highest BCUT2D eigenvalue weighted by Crippen LogP contribution is 2.43. The van der Waals surface area contributed by atoms with Crippen molar-refractivity contribution in [2.75, 3.05) is 26.1 Å². The summed E-state index contributed by atoms with van der Waals surface area (Å²) in [6.45, 7) is 2.76. The van der Waals surface area contributed by atoms with E-state index in [9.17, 15) is 4.79 Å². The first-order valence-corrected chi connectivity index (χ1v) is 6.90. The van der Waals surface area contributed by atoms with E-state index >= 15 is 0 Å². The van der Waals surface area contributed by atoms with Gasteiger partial charge in [0, 0.05) is 5.75 Å². The molecule has 1 aromatic carbocycles. The fourth-order valence-corrected chi connectivity index (χ4v) is 2.91. The number of esters is 1. The summed E-state index contributed by atoms with van der Waals surface area (Å²) >= 11 is 1.52. The lowest BCUT2D eigenvalue weighted by Gasteiger charge is -2.17. The predicted octanol–water partition coefficient (Wildman–Crippen LogP) is 2.43. The lowest BCUT2D eigenvalue weighted by molar-refractivity contribution is -0.142. The molecule has 0 aliphatic carbocycles. The average molecular weight is 268 g/mol. The van der Waals surface area contributed by atoms with Crippen molar-refractivity contribution in [1.82, 2.24) is 0 Å². The molecule has 1 aliphatic heterocycles. The monoisotopic (exact) mass is 268 g/mol. The Morgan fingerprint density at radius 2 is 2.39 bits per heavy atom. The van der Waals surface area contributed by atoms with E-state index in [1.165, 1.54) is 11.8 Å². The maximum absolute atomic E-state index is 12.0. The zero-order valence-electron chi connectivity index (χ0n) is 10.5. The highest BCUT2D eigenvalue weighted by molar-refractivity contribution is 8.00. The number of rotatable bonds is 3. The van der Waals surface area contributed by atoms with E-state index in [0.717, 1.165) is 11.3 Å². The fraction of sp³-hybridized carbons (Fsp3) is 0.462. The van der Waals surface area contributed by atoms with Crippen molar-refractivity contribution in [3.05, 3.63) is 23.8 Å². The van der Waals surface area contributed by atoms with Gasteiger partial charge in [0.2, 0.25) is 0 Å². The smallest absolute Gasteiger partial charge is 0.323 e. The van der Waals surface area contributed by atoms with Crippen LogP contribution in [0.5, 0.6) is 11.5 Å². The molecule has 1 heterocycles. The van der Waals surface area contributed by atoms with Gasteiger partial charge < -0.3 is 14.2 Å². The van der Waals surface area contributed by atoms with Crippen LogP contribution in [0.2, 0.25) is 0 Å². The van der Waals surface area contributed by atoms with Gasteiger partial charge in [-0.2, -0.15) is 0 Å². The number of hydrogen-bond donors (Lipinski definition) is 0. The normalized spacial score (nSPS) is 18.2. The Hall–Kier alpha value is -1.36. The van der Waals surface area contributed by atoms with E-state index < -0.39 is 0 Å². The van der Waals surface area contributed by atoms with E-state index in [1.807, 2.05) is 18.2 Å². The topological polar surface area (TPSA) is 44.8 Å². The van der Waals surface area contributed by atoms with E-state index in [1.54, 1.807) is 14.0 Å². The van der Waals surface area contributed by atoms with Gasteiger partial charge in [-0.25, -0.2) is 0 Å². The lowest BCUT2D eigenvalue weighted by Crippen LogP contribution is -2.14. The fourth-order valence-electron chi connectivity index (χ4n) is 1.89. The van der Waals surface area contributed by atoms with Crippen LogP contribution in [0.4, 0.5) is 0 Å². The first kappa shape index (κ1) is 13.1. The molecule has 5 heteroatoms. The van der Waals surface area contributed by atoms with Crippen LogP contribution < -0.4 is 9.47 Å². The highest BCUT2D eigenvalue weighted by atomic mass is 32.2. The van der Waals surface area contributed by atoms with E-state index in [4.69, 9.17) is 14.2 Å². The minimum atomic E-state index is -0.376. The van der Waals surface area contributed by atoms with Gasteiger partial charge in [-0.3, -0.25) is 4.79 Å². The van der Waals surface area contributed by atoms with Crippen LogP contribution >= 0.6 is 11.8 Å². The first-order valence-electron chi connectivity index (χ1n) is 5.85. The molecule has 0 amide bonds. The second-order valence-corrected chi connectivity index (χ2v) is 4.94. The molecule has 0 saturated heterocycles. The molecule has 0 saturated carbocycles. The molecule has 1 unspecified atom stereocenters. The molecule has 0 spiro atoms. The van der Waals surface area contributed by atoms with Gasteiger partial charge in [0.15, 0.2) is 0 Å². The summed E-state index contributed by atoms with van der Waals surface area (Å²) in [6.07, 6.45) is 0. The zero-order chi connectivity index (χ0) is 13.0. The Bertz CT molecular complexity index is 433. The van der Waals surface area contributed by atoms with Crippen LogP contribution in [0.25, 0.3) is 0 Å². The van der Waals surface area contributed by atoms with E-state index in [2.05, 4.69) is 0 Å². The summed E-state index contributed by atoms with van der Waals surface area (Å²) in [7, 11) is 1.59. The first-order chi connectivity index (χ1) is 8.77. The van der Waals surface area contributed by atoms with Gasteiger partial charge in [0.1, 0.15) is 16.7 Å². The summed E-state index contributed by atoms with van der Waals surface area (Å²) in [6, 6.07) is 5.55. The lowest BCUT2D eigenvalue weighted by atomic mass is 10.1. The number of carbonyl (C=O) groups is 1. The quantitative estimate of drug-likeness (QED) is 0.788. The van der Waals surface area contributed by atoms with Crippen molar-refractivity contribution in [2.45, 2.75) is 12.2 Å². The number of fused-ring (bicyclic) bond motifs is 1. The number of thioether (sulfide) groups is 1. The molecule has 1 aliphatic rings. The van der Waals surface area contributed by atoms with Gasteiger partial charge >= 0.3 is 5.97 Å². The van der Waals surface area contributed by atoms with Crippen molar-refractivity contribution < 1.29 is 19.0 Å². The Labute approximate surface area is 111 Å². The standard InChI is InChI=1S/C13H16O4S/c1-3-16-13(14)12-11-9(15-2)5-4-6-10(11)17-7-8-18-12/h4-6,12H,3,7-8H2,1-2H3. The minimum absolute atomic E-state index is 0.237. The zero-order valence-corrected chi connectivity index (χ0v) is 11.3. The summed E-state index contributed by atoms with van der Waals surface area (Å²) in [5.74, 6) is 1.89. The SMILES string of the molecule is CCOC(=O)C1SCCOc2cccc(OC)c21. The number of carbonyl (C=O) groups excluding carboxylic acids is 1. The molecular weight excluding hydrogens is 252 g/mol. The average Bonchev–Trinajstić information content (AvgIpc) is 2.60. The van der Waals surface area contributed by atoms with Crippen LogP contribution in [0.1, 0.15) is 17.7 Å². The summed E-state index contributed by atoms with van der Waals surface area (Å²) in [5.41, 5.74) is 0.779.